The van der Waals surface area contributed by atoms with E-state index in [1.807, 2.05) is 0 Å². The third kappa shape index (κ3) is 4.83. The molecule has 0 spiro atoms. The molecule has 0 aliphatic rings. The fourth-order valence-corrected chi connectivity index (χ4v) is 2.94. The fourth-order valence-electron chi connectivity index (χ4n) is 2.20. The molecule has 114 valence electrons. The molecule has 0 saturated heterocycles. The first-order valence-electron chi connectivity index (χ1n) is 7.56. The quantitative estimate of drug-likeness (QED) is 0.838. The highest BCUT2D eigenvalue weighted by molar-refractivity contribution is 7.09. The summed E-state index contributed by atoms with van der Waals surface area (Å²) in [5.74, 6) is 0. The first-order valence-corrected chi connectivity index (χ1v) is 8.44. The Labute approximate surface area is 132 Å². The number of aryl methyl sites for hydroxylation is 1. The fraction of sp³-hybridized carbons (Fsp3) is 0.471. The lowest BCUT2D eigenvalue weighted by molar-refractivity contribution is 0.586. The van der Waals surface area contributed by atoms with Crippen LogP contribution in [-0.2, 0) is 13.1 Å². The molecule has 1 aromatic carbocycles. The van der Waals surface area contributed by atoms with Crippen molar-refractivity contribution in [3.05, 3.63) is 45.9 Å². The van der Waals surface area contributed by atoms with Gasteiger partial charge in [-0.2, -0.15) is 0 Å². The average Bonchev–Trinajstić information content (AvgIpc) is 2.90. The SMILES string of the molecule is CCN(Cc1csc(CNC(C)C)n1)c1cccc(C)c1. The zero-order chi connectivity index (χ0) is 15.2. The van der Waals surface area contributed by atoms with Gasteiger partial charge in [-0.3, -0.25) is 0 Å². The molecule has 0 fully saturated rings. The highest BCUT2D eigenvalue weighted by Gasteiger charge is 2.09. The normalized spacial score (nSPS) is 11.1. The van der Waals surface area contributed by atoms with Crippen molar-refractivity contribution < 1.29 is 0 Å². The number of anilines is 1. The average molecular weight is 303 g/mol. The maximum Gasteiger partial charge on any atom is 0.107 e. The molecule has 0 unspecified atom stereocenters. The van der Waals surface area contributed by atoms with E-state index in [9.17, 15) is 0 Å². The van der Waals surface area contributed by atoms with Crippen LogP contribution in [0.25, 0.3) is 0 Å². The topological polar surface area (TPSA) is 28.2 Å². The maximum atomic E-state index is 4.73. The van der Waals surface area contributed by atoms with Gasteiger partial charge in [0.2, 0.25) is 0 Å². The summed E-state index contributed by atoms with van der Waals surface area (Å²) in [6.45, 7) is 11.4. The van der Waals surface area contributed by atoms with E-state index in [-0.39, 0.29) is 0 Å². The van der Waals surface area contributed by atoms with Gasteiger partial charge in [-0.25, -0.2) is 4.98 Å². The lowest BCUT2D eigenvalue weighted by Crippen LogP contribution is -2.23. The van der Waals surface area contributed by atoms with Crippen molar-refractivity contribution in [3.63, 3.8) is 0 Å². The Hall–Kier alpha value is -1.39. The van der Waals surface area contributed by atoms with Gasteiger partial charge in [0.05, 0.1) is 12.2 Å². The Morgan fingerprint density at radius 3 is 2.81 bits per heavy atom. The predicted octanol–water partition coefficient (Wildman–Crippen LogP) is 3.98. The van der Waals surface area contributed by atoms with Crippen LogP contribution < -0.4 is 10.2 Å². The molecule has 0 saturated carbocycles. The largest absolute Gasteiger partial charge is 0.366 e. The monoisotopic (exact) mass is 303 g/mol. The van der Waals surface area contributed by atoms with Crippen LogP contribution in [-0.4, -0.2) is 17.6 Å². The number of benzene rings is 1. The molecular weight excluding hydrogens is 278 g/mol. The Morgan fingerprint density at radius 1 is 1.33 bits per heavy atom. The summed E-state index contributed by atoms with van der Waals surface area (Å²) < 4.78 is 0. The van der Waals surface area contributed by atoms with E-state index in [1.54, 1.807) is 11.3 Å². The zero-order valence-corrected chi connectivity index (χ0v) is 14.2. The highest BCUT2D eigenvalue weighted by Crippen LogP contribution is 2.19. The van der Waals surface area contributed by atoms with Crippen LogP contribution in [0.1, 0.15) is 37.0 Å². The second kappa shape index (κ2) is 7.57. The van der Waals surface area contributed by atoms with E-state index in [2.05, 4.69) is 67.6 Å². The molecule has 0 aliphatic heterocycles. The lowest BCUT2D eigenvalue weighted by atomic mass is 10.2. The summed E-state index contributed by atoms with van der Waals surface area (Å²) in [4.78, 5) is 7.10. The van der Waals surface area contributed by atoms with Crippen LogP contribution in [0.5, 0.6) is 0 Å². The van der Waals surface area contributed by atoms with E-state index in [4.69, 9.17) is 4.98 Å². The number of nitrogens with one attached hydrogen (secondary N) is 1. The van der Waals surface area contributed by atoms with Gasteiger partial charge in [0.1, 0.15) is 5.01 Å². The van der Waals surface area contributed by atoms with E-state index in [1.165, 1.54) is 16.3 Å². The number of hydrogen-bond acceptors (Lipinski definition) is 4. The standard InChI is InChI=1S/C17H25N3S/c1-5-20(16-8-6-7-14(4)9-16)11-15-12-21-17(19-15)10-18-13(2)3/h6-9,12-13,18H,5,10-11H2,1-4H3. The first kappa shape index (κ1) is 16.0. The number of aromatic nitrogens is 1. The zero-order valence-electron chi connectivity index (χ0n) is 13.4. The smallest absolute Gasteiger partial charge is 0.107 e. The van der Waals surface area contributed by atoms with Crippen LogP contribution in [0, 0.1) is 6.92 Å². The highest BCUT2D eigenvalue weighted by atomic mass is 32.1. The van der Waals surface area contributed by atoms with Gasteiger partial charge < -0.3 is 10.2 Å². The van der Waals surface area contributed by atoms with Crippen LogP contribution in [0.2, 0.25) is 0 Å². The van der Waals surface area contributed by atoms with Crippen molar-refractivity contribution >= 4 is 17.0 Å². The predicted molar refractivity (Wildman–Crippen MR) is 92.0 cm³/mol. The number of rotatable bonds is 7. The summed E-state index contributed by atoms with van der Waals surface area (Å²) in [5, 5.41) is 6.76. The van der Waals surface area contributed by atoms with Gasteiger partial charge in [-0.1, -0.05) is 26.0 Å². The lowest BCUT2D eigenvalue weighted by Gasteiger charge is -2.22. The van der Waals surface area contributed by atoms with Gasteiger partial charge in [0.15, 0.2) is 0 Å². The molecule has 21 heavy (non-hydrogen) atoms. The van der Waals surface area contributed by atoms with Crippen molar-refractivity contribution in [2.45, 2.75) is 46.8 Å². The van der Waals surface area contributed by atoms with Crippen molar-refractivity contribution in [2.75, 3.05) is 11.4 Å². The molecule has 2 aromatic rings. The van der Waals surface area contributed by atoms with Gasteiger partial charge in [0, 0.05) is 30.2 Å². The molecule has 1 heterocycles. The van der Waals surface area contributed by atoms with Crippen molar-refractivity contribution in [1.29, 1.82) is 0 Å². The summed E-state index contributed by atoms with van der Waals surface area (Å²) in [7, 11) is 0. The van der Waals surface area contributed by atoms with Crippen molar-refractivity contribution in [1.82, 2.24) is 10.3 Å². The van der Waals surface area contributed by atoms with Crippen LogP contribution in [0.15, 0.2) is 29.6 Å². The van der Waals surface area contributed by atoms with Crippen molar-refractivity contribution in [3.8, 4) is 0 Å². The molecule has 0 amide bonds. The molecule has 1 N–H and O–H groups in total. The van der Waals surface area contributed by atoms with Gasteiger partial charge >= 0.3 is 0 Å². The minimum absolute atomic E-state index is 0.497. The van der Waals surface area contributed by atoms with E-state index in [0.717, 1.165) is 25.3 Å². The summed E-state index contributed by atoms with van der Waals surface area (Å²) in [6, 6.07) is 9.15. The second-order valence-electron chi connectivity index (χ2n) is 5.62. The molecule has 0 aliphatic carbocycles. The number of nitrogens with zero attached hydrogens (tertiary/aromatic N) is 2. The van der Waals surface area contributed by atoms with Gasteiger partial charge in [0.25, 0.3) is 0 Å². The second-order valence-corrected chi connectivity index (χ2v) is 6.56. The number of thiazole rings is 1. The first-order chi connectivity index (χ1) is 10.1. The van der Waals surface area contributed by atoms with Crippen LogP contribution >= 0.6 is 11.3 Å². The molecular formula is C17H25N3S. The third-order valence-corrected chi connectivity index (χ3v) is 4.26. The van der Waals surface area contributed by atoms with Crippen molar-refractivity contribution in [2.24, 2.45) is 0 Å². The summed E-state index contributed by atoms with van der Waals surface area (Å²) in [6.07, 6.45) is 0. The Morgan fingerprint density at radius 2 is 2.14 bits per heavy atom. The van der Waals surface area contributed by atoms with Crippen LogP contribution in [0.3, 0.4) is 0 Å². The Kier molecular flexibility index (Phi) is 5.76. The van der Waals surface area contributed by atoms with Gasteiger partial charge in [-0.15, -0.1) is 11.3 Å². The molecule has 1 aromatic heterocycles. The molecule has 0 atom stereocenters. The van der Waals surface area contributed by atoms with Crippen LogP contribution in [0.4, 0.5) is 5.69 Å². The molecule has 0 radical (unpaired) electrons. The molecule has 2 rings (SSSR count). The Bertz CT molecular complexity index is 563. The third-order valence-electron chi connectivity index (χ3n) is 3.36. The number of hydrogen-bond donors (Lipinski definition) is 1. The molecule has 3 nitrogen and oxygen atoms in total. The van der Waals surface area contributed by atoms with E-state index < -0.39 is 0 Å². The maximum absolute atomic E-state index is 4.73. The Balaban J connectivity index is 2.02. The summed E-state index contributed by atoms with van der Waals surface area (Å²) in [5.41, 5.74) is 3.72. The van der Waals surface area contributed by atoms with E-state index >= 15 is 0 Å². The summed E-state index contributed by atoms with van der Waals surface area (Å²) >= 11 is 1.74. The van der Waals surface area contributed by atoms with Gasteiger partial charge in [-0.05, 0) is 31.5 Å². The molecule has 0 bridgehead atoms. The minimum atomic E-state index is 0.497. The van der Waals surface area contributed by atoms with E-state index in [0.29, 0.717) is 6.04 Å². The molecule has 4 heteroatoms. The minimum Gasteiger partial charge on any atom is -0.366 e.